The number of aryl methyl sites for hydroxylation is 1. The van der Waals surface area contributed by atoms with Crippen molar-refractivity contribution in [2.75, 3.05) is 0 Å². The number of aliphatic imine (C=N–C) groups is 1. The highest BCUT2D eigenvalue weighted by molar-refractivity contribution is 8.18. The fraction of sp³-hybridized carbons (Fsp3) is 0.304. The van der Waals surface area contributed by atoms with E-state index in [9.17, 15) is 4.79 Å². The van der Waals surface area contributed by atoms with Crippen LogP contribution in [-0.4, -0.2) is 17.1 Å². The molecule has 144 valence electrons. The normalized spacial score (nSPS) is 20.1. The third-order valence-electron chi connectivity index (χ3n) is 4.98. The summed E-state index contributed by atoms with van der Waals surface area (Å²) in [5.41, 5.74) is 3.36. The molecule has 2 aromatic rings. The summed E-state index contributed by atoms with van der Waals surface area (Å²) in [5, 5.41) is 3.62. The number of carbonyl (C=O) groups is 1. The second kappa shape index (κ2) is 8.65. The number of rotatable bonds is 5. The lowest BCUT2D eigenvalue weighted by molar-refractivity contribution is -0.115. The van der Waals surface area contributed by atoms with Gasteiger partial charge in [0.15, 0.2) is 5.17 Å². The zero-order chi connectivity index (χ0) is 19.3. The second-order valence-corrected chi connectivity index (χ2v) is 8.31. The van der Waals surface area contributed by atoms with E-state index in [4.69, 9.17) is 4.74 Å². The van der Waals surface area contributed by atoms with Gasteiger partial charge in [0.05, 0.1) is 10.9 Å². The lowest BCUT2D eigenvalue weighted by atomic mass is 10.1. The Morgan fingerprint density at radius 3 is 2.54 bits per heavy atom. The fourth-order valence-electron chi connectivity index (χ4n) is 3.35. The third-order valence-corrected chi connectivity index (χ3v) is 5.90. The molecule has 0 aromatic heterocycles. The third kappa shape index (κ3) is 4.84. The molecule has 1 amide bonds. The van der Waals surface area contributed by atoms with Gasteiger partial charge in [-0.25, -0.2) is 0 Å². The van der Waals surface area contributed by atoms with Gasteiger partial charge < -0.3 is 10.1 Å². The van der Waals surface area contributed by atoms with Crippen molar-refractivity contribution in [1.29, 1.82) is 0 Å². The van der Waals surface area contributed by atoms with Gasteiger partial charge in [0.25, 0.3) is 5.91 Å². The summed E-state index contributed by atoms with van der Waals surface area (Å²) in [6, 6.07) is 16.5. The molecule has 0 atom stereocenters. The predicted molar refractivity (Wildman–Crippen MR) is 115 cm³/mol. The molecule has 1 saturated carbocycles. The van der Waals surface area contributed by atoms with Gasteiger partial charge in [0.2, 0.25) is 0 Å². The number of thioether (sulfide) groups is 1. The minimum absolute atomic E-state index is 0.0681. The van der Waals surface area contributed by atoms with Gasteiger partial charge >= 0.3 is 0 Å². The molecule has 4 rings (SSSR count). The quantitative estimate of drug-likeness (QED) is 0.722. The van der Waals surface area contributed by atoms with Crippen LogP contribution in [0.15, 0.2) is 58.4 Å². The van der Waals surface area contributed by atoms with Crippen LogP contribution in [-0.2, 0) is 11.4 Å². The molecular weight excluding hydrogens is 368 g/mol. The Bertz CT molecular complexity index is 895. The van der Waals surface area contributed by atoms with Crippen molar-refractivity contribution in [3.05, 3.63) is 70.1 Å². The number of amidine groups is 1. The minimum Gasteiger partial charge on any atom is -0.489 e. The summed E-state index contributed by atoms with van der Waals surface area (Å²) < 4.78 is 5.85. The fourth-order valence-corrected chi connectivity index (χ4v) is 4.24. The van der Waals surface area contributed by atoms with Crippen LogP contribution in [0.3, 0.4) is 0 Å². The predicted octanol–water partition coefficient (Wildman–Crippen LogP) is 5.08. The van der Waals surface area contributed by atoms with E-state index in [-0.39, 0.29) is 5.91 Å². The standard InChI is InChI=1S/C23H24N2O2S/c1-16-6-8-18(9-7-16)15-27-20-12-10-17(11-13-20)14-21-22(26)25-23(28-21)24-19-4-2-3-5-19/h6-14,19H,2-5,15H2,1H3,(H,24,25,26)/b21-14-. The van der Waals surface area contributed by atoms with Crippen LogP contribution in [0.1, 0.15) is 42.4 Å². The number of benzene rings is 2. The van der Waals surface area contributed by atoms with Crippen LogP contribution >= 0.6 is 11.8 Å². The molecule has 0 spiro atoms. The SMILES string of the molecule is Cc1ccc(COc2ccc(/C=C3\SC(=NC4CCCC4)NC3=O)cc2)cc1. The lowest BCUT2D eigenvalue weighted by Crippen LogP contribution is -2.21. The first-order valence-corrected chi connectivity index (χ1v) is 10.5. The summed E-state index contributed by atoms with van der Waals surface area (Å²) >= 11 is 1.43. The first-order chi connectivity index (χ1) is 13.7. The number of hydrogen-bond acceptors (Lipinski definition) is 4. The highest BCUT2D eigenvalue weighted by atomic mass is 32.2. The number of ether oxygens (including phenoxy) is 1. The van der Waals surface area contributed by atoms with Gasteiger partial charge in [0, 0.05) is 0 Å². The minimum atomic E-state index is -0.0681. The Morgan fingerprint density at radius 1 is 1.11 bits per heavy atom. The Labute approximate surface area is 170 Å². The Kier molecular flexibility index (Phi) is 5.81. The highest BCUT2D eigenvalue weighted by Crippen LogP contribution is 2.29. The van der Waals surface area contributed by atoms with E-state index in [1.54, 1.807) is 0 Å². The monoisotopic (exact) mass is 392 g/mol. The van der Waals surface area contributed by atoms with Crippen LogP contribution in [0.4, 0.5) is 0 Å². The van der Waals surface area contributed by atoms with Crippen LogP contribution in [0.5, 0.6) is 5.75 Å². The van der Waals surface area contributed by atoms with E-state index in [0.29, 0.717) is 17.6 Å². The maximum atomic E-state index is 12.2. The number of carbonyl (C=O) groups excluding carboxylic acids is 1. The Morgan fingerprint density at radius 2 is 1.82 bits per heavy atom. The smallest absolute Gasteiger partial charge is 0.264 e. The van der Waals surface area contributed by atoms with Gasteiger partial charge in [0.1, 0.15) is 12.4 Å². The van der Waals surface area contributed by atoms with E-state index in [1.807, 2.05) is 30.3 Å². The van der Waals surface area contributed by atoms with Crippen molar-refractivity contribution in [3.8, 4) is 5.75 Å². The van der Waals surface area contributed by atoms with Crippen LogP contribution in [0, 0.1) is 6.92 Å². The summed E-state index contributed by atoms with van der Waals surface area (Å²) in [5.74, 6) is 0.746. The molecule has 1 aliphatic carbocycles. The van der Waals surface area contributed by atoms with Crippen molar-refractivity contribution < 1.29 is 9.53 Å². The average molecular weight is 393 g/mol. The molecule has 1 saturated heterocycles. The molecule has 4 nitrogen and oxygen atoms in total. The maximum Gasteiger partial charge on any atom is 0.264 e. The van der Waals surface area contributed by atoms with Crippen molar-refractivity contribution in [1.82, 2.24) is 5.32 Å². The molecule has 5 heteroatoms. The van der Waals surface area contributed by atoms with Gasteiger partial charge in [-0.2, -0.15) is 0 Å². The molecule has 2 aliphatic rings. The van der Waals surface area contributed by atoms with Crippen molar-refractivity contribution in [2.24, 2.45) is 4.99 Å². The van der Waals surface area contributed by atoms with Gasteiger partial charge in [-0.05, 0) is 60.9 Å². The largest absolute Gasteiger partial charge is 0.489 e. The number of nitrogens with one attached hydrogen (secondary N) is 1. The molecule has 2 aromatic carbocycles. The van der Waals surface area contributed by atoms with Crippen LogP contribution in [0.2, 0.25) is 0 Å². The summed E-state index contributed by atoms with van der Waals surface area (Å²) in [6.45, 7) is 2.62. The van der Waals surface area contributed by atoms with Crippen molar-refractivity contribution in [3.63, 3.8) is 0 Å². The summed E-state index contributed by atoms with van der Waals surface area (Å²) in [7, 11) is 0. The first kappa shape index (κ1) is 18.8. The molecule has 0 bridgehead atoms. The van der Waals surface area contributed by atoms with E-state index < -0.39 is 0 Å². The van der Waals surface area contributed by atoms with E-state index in [0.717, 1.165) is 34.9 Å². The maximum absolute atomic E-state index is 12.2. The van der Waals surface area contributed by atoms with Gasteiger partial charge in [-0.15, -0.1) is 0 Å². The molecule has 1 N–H and O–H groups in total. The van der Waals surface area contributed by atoms with Crippen LogP contribution < -0.4 is 10.1 Å². The summed E-state index contributed by atoms with van der Waals surface area (Å²) in [4.78, 5) is 17.6. The summed E-state index contributed by atoms with van der Waals surface area (Å²) in [6.07, 6.45) is 6.63. The zero-order valence-corrected chi connectivity index (χ0v) is 16.8. The first-order valence-electron chi connectivity index (χ1n) is 9.73. The average Bonchev–Trinajstić information content (AvgIpc) is 3.33. The Hall–Kier alpha value is -2.53. The molecule has 1 aliphatic heterocycles. The highest BCUT2D eigenvalue weighted by Gasteiger charge is 2.25. The Balaban J connectivity index is 1.36. The van der Waals surface area contributed by atoms with Crippen molar-refractivity contribution in [2.45, 2.75) is 45.3 Å². The zero-order valence-electron chi connectivity index (χ0n) is 16.0. The molecule has 2 fully saturated rings. The number of amides is 1. The molecule has 28 heavy (non-hydrogen) atoms. The lowest BCUT2D eigenvalue weighted by Gasteiger charge is -2.07. The van der Waals surface area contributed by atoms with Gasteiger partial charge in [-0.3, -0.25) is 9.79 Å². The van der Waals surface area contributed by atoms with Crippen molar-refractivity contribution >= 4 is 28.9 Å². The van der Waals surface area contributed by atoms with E-state index in [2.05, 4.69) is 41.5 Å². The molecule has 0 radical (unpaired) electrons. The molecule has 0 unspecified atom stereocenters. The number of hydrogen-bond donors (Lipinski definition) is 1. The number of nitrogens with zero attached hydrogens (tertiary/aromatic N) is 1. The topological polar surface area (TPSA) is 50.7 Å². The molecule has 1 heterocycles. The second-order valence-electron chi connectivity index (χ2n) is 7.28. The molecular formula is C23H24N2O2S. The van der Waals surface area contributed by atoms with Crippen LogP contribution in [0.25, 0.3) is 6.08 Å². The van der Waals surface area contributed by atoms with Gasteiger partial charge in [-0.1, -0.05) is 54.8 Å². The van der Waals surface area contributed by atoms with E-state index in [1.165, 1.54) is 30.2 Å². The van der Waals surface area contributed by atoms with E-state index >= 15 is 0 Å².